The van der Waals surface area contributed by atoms with Gasteiger partial charge in [0, 0.05) is 4.83 Å². The minimum absolute atomic E-state index is 0.219. The number of alkyl halides is 1. The van der Waals surface area contributed by atoms with E-state index in [1.807, 2.05) is 6.08 Å². The highest BCUT2D eigenvalue weighted by atomic mass is 79.9. The standard InChI is InChI=1S/C15H27BrO2/c1-3-4-5-6-7-8-9-10-14(16)12-11-13(2)15(17)18/h3,13-14H,1,4-12H2,2H3,(H,17,18). The molecule has 2 atom stereocenters. The van der Waals surface area contributed by atoms with E-state index < -0.39 is 5.97 Å². The Hall–Kier alpha value is -0.310. The van der Waals surface area contributed by atoms with Crippen LogP contribution in [0.4, 0.5) is 0 Å². The van der Waals surface area contributed by atoms with Gasteiger partial charge in [-0.25, -0.2) is 0 Å². The molecule has 0 spiro atoms. The Labute approximate surface area is 120 Å². The summed E-state index contributed by atoms with van der Waals surface area (Å²) < 4.78 is 0. The summed E-state index contributed by atoms with van der Waals surface area (Å²) in [5, 5.41) is 8.79. The third-order valence-electron chi connectivity index (χ3n) is 3.26. The maximum absolute atomic E-state index is 10.7. The molecule has 3 heteroatoms. The quantitative estimate of drug-likeness (QED) is 0.306. The van der Waals surface area contributed by atoms with Crippen LogP contribution in [0.15, 0.2) is 12.7 Å². The Kier molecular flexibility index (Phi) is 11.6. The number of halogens is 1. The number of hydrogen-bond donors (Lipinski definition) is 1. The monoisotopic (exact) mass is 318 g/mol. The molecule has 2 nitrogen and oxygen atoms in total. The molecule has 0 aliphatic carbocycles. The summed E-state index contributed by atoms with van der Waals surface area (Å²) in [5.41, 5.74) is 0. The van der Waals surface area contributed by atoms with Gasteiger partial charge in [-0.3, -0.25) is 4.79 Å². The van der Waals surface area contributed by atoms with Gasteiger partial charge < -0.3 is 5.11 Å². The molecule has 0 amide bonds. The topological polar surface area (TPSA) is 37.3 Å². The maximum atomic E-state index is 10.7. The fraction of sp³-hybridized carbons (Fsp3) is 0.800. The van der Waals surface area contributed by atoms with Gasteiger partial charge in [0.2, 0.25) is 0 Å². The molecule has 0 saturated heterocycles. The van der Waals surface area contributed by atoms with Crippen LogP contribution in [0.5, 0.6) is 0 Å². The Bertz CT molecular complexity index is 229. The van der Waals surface area contributed by atoms with Crippen LogP contribution >= 0.6 is 15.9 Å². The molecule has 0 aromatic rings. The van der Waals surface area contributed by atoms with Crippen molar-refractivity contribution in [1.82, 2.24) is 0 Å². The Morgan fingerprint density at radius 3 is 2.39 bits per heavy atom. The van der Waals surface area contributed by atoms with Crippen molar-refractivity contribution in [2.45, 2.75) is 69.5 Å². The Balaban J connectivity index is 3.34. The van der Waals surface area contributed by atoms with Crippen molar-refractivity contribution in [3.8, 4) is 0 Å². The highest BCUT2D eigenvalue weighted by molar-refractivity contribution is 9.09. The molecule has 0 aliphatic heterocycles. The second kappa shape index (κ2) is 11.8. The molecular formula is C15H27BrO2. The molecule has 0 radical (unpaired) electrons. The van der Waals surface area contributed by atoms with Gasteiger partial charge in [0.25, 0.3) is 0 Å². The van der Waals surface area contributed by atoms with Gasteiger partial charge in [0.1, 0.15) is 0 Å². The van der Waals surface area contributed by atoms with Crippen LogP contribution in [-0.2, 0) is 4.79 Å². The Morgan fingerprint density at radius 1 is 1.17 bits per heavy atom. The summed E-state index contributed by atoms with van der Waals surface area (Å²) in [7, 11) is 0. The summed E-state index contributed by atoms with van der Waals surface area (Å²) in [6, 6.07) is 0. The molecule has 0 aromatic carbocycles. The van der Waals surface area contributed by atoms with Gasteiger partial charge in [0.05, 0.1) is 5.92 Å². The van der Waals surface area contributed by atoms with Crippen molar-refractivity contribution in [1.29, 1.82) is 0 Å². The molecule has 0 rings (SSSR count). The number of carbonyl (C=O) groups is 1. The van der Waals surface area contributed by atoms with Crippen molar-refractivity contribution >= 4 is 21.9 Å². The van der Waals surface area contributed by atoms with Crippen LogP contribution in [0.2, 0.25) is 0 Å². The summed E-state index contributed by atoms with van der Waals surface area (Å²) in [4.78, 5) is 11.2. The molecule has 0 aliphatic rings. The molecule has 0 aromatic heterocycles. The molecule has 0 fully saturated rings. The summed E-state index contributed by atoms with van der Waals surface area (Å²) in [6.07, 6.45) is 12.4. The first-order valence-electron chi connectivity index (χ1n) is 7.05. The molecule has 0 heterocycles. The molecular weight excluding hydrogens is 292 g/mol. The lowest BCUT2D eigenvalue weighted by Gasteiger charge is -2.11. The molecule has 106 valence electrons. The predicted octanol–water partition coefficient (Wildman–Crippen LogP) is 5.17. The average molecular weight is 319 g/mol. The van der Waals surface area contributed by atoms with Gasteiger partial charge >= 0.3 is 5.97 Å². The number of hydrogen-bond acceptors (Lipinski definition) is 1. The van der Waals surface area contributed by atoms with E-state index in [4.69, 9.17) is 5.11 Å². The number of allylic oxidation sites excluding steroid dienone is 1. The number of aliphatic carboxylic acids is 1. The van der Waals surface area contributed by atoms with E-state index in [0.717, 1.165) is 25.7 Å². The normalized spacial score (nSPS) is 14.1. The van der Waals surface area contributed by atoms with Gasteiger partial charge in [-0.1, -0.05) is 54.6 Å². The van der Waals surface area contributed by atoms with Crippen LogP contribution in [-0.4, -0.2) is 15.9 Å². The number of carboxylic acids is 1. The van der Waals surface area contributed by atoms with E-state index in [0.29, 0.717) is 4.83 Å². The number of carboxylic acid groups (broad SMARTS) is 1. The summed E-state index contributed by atoms with van der Waals surface area (Å²) >= 11 is 3.64. The van der Waals surface area contributed by atoms with Crippen molar-refractivity contribution < 1.29 is 9.90 Å². The molecule has 0 saturated carbocycles. The minimum atomic E-state index is -0.683. The fourth-order valence-electron chi connectivity index (χ4n) is 1.88. The number of rotatable bonds is 12. The van der Waals surface area contributed by atoms with E-state index in [1.54, 1.807) is 6.92 Å². The Morgan fingerprint density at radius 2 is 1.78 bits per heavy atom. The molecule has 18 heavy (non-hydrogen) atoms. The zero-order chi connectivity index (χ0) is 13.8. The predicted molar refractivity (Wildman–Crippen MR) is 81.3 cm³/mol. The lowest BCUT2D eigenvalue weighted by atomic mass is 10.0. The zero-order valence-corrected chi connectivity index (χ0v) is 13.1. The zero-order valence-electron chi connectivity index (χ0n) is 11.5. The van der Waals surface area contributed by atoms with Crippen molar-refractivity contribution in [3.63, 3.8) is 0 Å². The first-order valence-corrected chi connectivity index (χ1v) is 7.97. The molecule has 1 N–H and O–H groups in total. The lowest BCUT2D eigenvalue weighted by Crippen LogP contribution is -2.11. The second-order valence-electron chi connectivity index (χ2n) is 5.05. The molecule has 0 bridgehead atoms. The minimum Gasteiger partial charge on any atom is -0.481 e. The van der Waals surface area contributed by atoms with E-state index >= 15 is 0 Å². The first kappa shape index (κ1) is 17.7. The largest absolute Gasteiger partial charge is 0.481 e. The van der Waals surface area contributed by atoms with Crippen molar-refractivity contribution in [3.05, 3.63) is 12.7 Å². The van der Waals surface area contributed by atoms with Crippen LogP contribution < -0.4 is 0 Å². The van der Waals surface area contributed by atoms with Gasteiger partial charge in [-0.15, -0.1) is 6.58 Å². The molecule has 2 unspecified atom stereocenters. The highest BCUT2D eigenvalue weighted by Crippen LogP contribution is 2.20. The van der Waals surface area contributed by atoms with Crippen LogP contribution in [0, 0.1) is 5.92 Å². The van der Waals surface area contributed by atoms with Gasteiger partial charge in [0.15, 0.2) is 0 Å². The summed E-state index contributed by atoms with van der Waals surface area (Å²) in [5.74, 6) is -0.902. The number of unbranched alkanes of at least 4 members (excludes halogenated alkanes) is 5. The SMILES string of the molecule is C=CCCCCCCCC(Br)CCC(C)C(=O)O. The smallest absolute Gasteiger partial charge is 0.306 e. The second-order valence-corrected chi connectivity index (χ2v) is 6.34. The third kappa shape index (κ3) is 10.8. The van der Waals surface area contributed by atoms with E-state index in [9.17, 15) is 4.79 Å². The summed E-state index contributed by atoms with van der Waals surface area (Å²) in [6.45, 7) is 5.50. The lowest BCUT2D eigenvalue weighted by molar-refractivity contribution is -0.141. The fourth-order valence-corrected chi connectivity index (χ4v) is 2.47. The van der Waals surface area contributed by atoms with Gasteiger partial charge in [-0.2, -0.15) is 0 Å². The van der Waals surface area contributed by atoms with Crippen molar-refractivity contribution in [2.24, 2.45) is 5.92 Å². The first-order chi connectivity index (χ1) is 8.57. The third-order valence-corrected chi connectivity index (χ3v) is 4.18. The van der Waals surface area contributed by atoms with Crippen molar-refractivity contribution in [2.75, 3.05) is 0 Å². The van der Waals surface area contributed by atoms with Crippen LogP contribution in [0.25, 0.3) is 0 Å². The van der Waals surface area contributed by atoms with E-state index in [1.165, 1.54) is 32.1 Å². The maximum Gasteiger partial charge on any atom is 0.306 e. The van der Waals surface area contributed by atoms with E-state index in [-0.39, 0.29) is 5.92 Å². The van der Waals surface area contributed by atoms with E-state index in [2.05, 4.69) is 22.5 Å². The average Bonchev–Trinajstić information content (AvgIpc) is 2.34. The van der Waals surface area contributed by atoms with Crippen LogP contribution in [0.1, 0.15) is 64.7 Å². The highest BCUT2D eigenvalue weighted by Gasteiger charge is 2.13. The van der Waals surface area contributed by atoms with Gasteiger partial charge in [-0.05, 0) is 32.1 Å². The van der Waals surface area contributed by atoms with Crippen LogP contribution in [0.3, 0.4) is 0 Å².